The Labute approximate surface area is 115 Å². The molecule has 0 aliphatic carbocycles. The maximum absolute atomic E-state index is 14.8. The van der Waals surface area contributed by atoms with Crippen molar-refractivity contribution in [1.82, 2.24) is 5.32 Å². The number of nitrogens with one attached hydrogen (secondary N) is 1. The van der Waals surface area contributed by atoms with Crippen LogP contribution in [0.2, 0.25) is 0 Å². The molecule has 18 heavy (non-hydrogen) atoms. The maximum Gasteiger partial charge on any atom is 0.137 e. The fourth-order valence-corrected chi connectivity index (χ4v) is 2.97. The minimum atomic E-state index is -1.30. The summed E-state index contributed by atoms with van der Waals surface area (Å²) in [4.78, 5) is 0. The lowest BCUT2D eigenvalue weighted by atomic mass is 9.81. The van der Waals surface area contributed by atoms with Crippen LogP contribution >= 0.6 is 15.9 Å². The smallest absolute Gasteiger partial charge is 0.137 e. The quantitative estimate of drug-likeness (QED) is 0.892. The number of alkyl halides is 1. The minimum absolute atomic E-state index is 0.00131. The summed E-state index contributed by atoms with van der Waals surface area (Å²) in [6, 6.07) is 4.79. The SMILES string of the molecule is CC(F)(Cc1cccc(F)c1Br)C1CCCNC1. The number of hydrogen-bond acceptors (Lipinski definition) is 1. The summed E-state index contributed by atoms with van der Waals surface area (Å²) in [5.41, 5.74) is -0.602. The predicted octanol–water partition coefficient (Wildman–Crippen LogP) is 3.86. The number of hydrogen-bond donors (Lipinski definition) is 1. The molecule has 0 spiro atoms. The lowest BCUT2D eigenvalue weighted by molar-refractivity contribution is 0.0831. The van der Waals surface area contributed by atoms with Crippen LogP contribution in [0.25, 0.3) is 0 Å². The summed E-state index contributed by atoms with van der Waals surface area (Å²) in [7, 11) is 0. The van der Waals surface area contributed by atoms with Gasteiger partial charge in [-0.2, -0.15) is 0 Å². The van der Waals surface area contributed by atoms with E-state index in [-0.39, 0.29) is 18.2 Å². The number of rotatable bonds is 3. The Kier molecular flexibility index (Phi) is 4.38. The molecule has 0 radical (unpaired) electrons. The van der Waals surface area contributed by atoms with Crippen molar-refractivity contribution in [2.45, 2.75) is 31.9 Å². The summed E-state index contributed by atoms with van der Waals surface area (Å²) in [5.74, 6) is -0.327. The molecule has 1 aliphatic rings. The molecule has 2 atom stereocenters. The molecule has 1 aromatic carbocycles. The van der Waals surface area contributed by atoms with Gasteiger partial charge in [-0.05, 0) is 53.9 Å². The van der Waals surface area contributed by atoms with Crippen molar-refractivity contribution in [3.05, 3.63) is 34.1 Å². The van der Waals surface area contributed by atoms with Gasteiger partial charge in [-0.1, -0.05) is 12.1 Å². The Morgan fingerprint density at radius 1 is 1.50 bits per heavy atom. The van der Waals surface area contributed by atoms with Gasteiger partial charge in [0, 0.05) is 18.9 Å². The number of halogens is 3. The molecule has 0 saturated carbocycles. The molecular weight excluding hydrogens is 300 g/mol. The van der Waals surface area contributed by atoms with Gasteiger partial charge in [-0.25, -0.2) is 8.78 Å². The highest BCUT2D eigenvalue weighted by atomic mass is 79.9. The van der Waals surface area contributed by atoms with E-state index in [0.29, 0.717) is 16.6 Å². The second-order valence-electron chi connectivity index (χ2n) is 5.21. The topological polar surface area (TPSA) is 12.0 Å². The Morgan fingerprint density at radius 2 is 2.28 bits per heavy atom. The predicted molar refractivity (Wildman–Crippen MR) is 72.9 cm³/mol. The summed E-state index contributed by atoms with van der Waals surface area (Å²) in [6.07, 6.45) is 2.15. The van der Waals surface area contributed by atoms with Crippen LogP contribution in [0.3, 0.4) is 0 Å². The Hall–Kier alpha value is -0.480. The van der Waals surface area contributed by atoms with E-state index in [4.69, 9.17) is 0 Å². The monoisotopic (exact) mass is 317 g/mol. The van der Waals surface area contributed by atoms with E-state index in [1.165, 1.54) is 6.07 Å². The van der Waals surface area contributed by atoms with Crippen molar-refractivity contribution < 1.29 is 8.78 Å². The molecule has 1 nitrogen and oxygen atoms in total. The highest BCUT2D eigenvalue weighted by Crippen LogP contribution is 2.33. The van der Waals surface area contributed by atoms with E-state index in [2.05, 4.69) is 21.2 Å². The largest absolute Gasteiger partial charge is 0.316 e. The zero-order valence-electron chi connectivity index (χ0n) is 10.5. The van der Waals surface area contributed by atoms with E-state index >= 15 is 0 Å². The Balaban J connectivity index is 2.13. The summed E-state index contributed by atoms with van der Waals surface area (Å²) in [5, 5.41) is 3.23. The van der Waals surface area contributed by atoms with E-state index in [1.807, 2.05) is 0 Å². The molecule has 100 valence electrons. The van der Waals surface area contributed by atoms with Crippen molar-refractivity contribution >= 4 is 15.9 Å². The first-order valence-corrected chi connectivity index (χ1v) is 7.12. The Morgan fingerprint density at radius 3 is 2.94 bits per heavy atom. The molecule has 2 unspecified atom stereocenters. The molecule has 4 heteroatoms. The lowest BCUT2D eigenvalue weighted by Gasteiger charge is -2.34. The van der Waals surface area contributed by atoms with E-state index in [0.717, 1.165) is 19.4 Å². The van der Waals surface area contributed by atoms with Gasteiger partial charge in [0.2, 0.25) is 0 Å². The summed E-state index contributed by atoms with van der Waals surface area (Å²) < 4.78 is 28.6. The number of benzene rings is 1. The molecule has 0 aromatic heterocycles. The van der Waals surface area contributed by atoms with Crippen LogP contribution in [-0.4, -0.2) is 18.8 Å². The minimum Gasteiger partial charge on any atom is -0.316 e. The van der Waals surface area contributed by atoms with Crippen molar-refractivity contribution in [1.29, 1.82) is 0 Å². The first-order chi connectivity index (χ1) is 8.50. The van der Waals surface area contributed by atoms with Crippen LogP contribution in [0.5, 0.6) is 0 Å². The van der Waals surface area contributed by atoms with E-state index in [1.54, 1.807) is 19.1 Å². The summed E-state index contributed by atoms with van der Waals surface area (Å²) >= 11 is 3.20. The Bertz CT molecular complexity index is 414. The van der Waals surface area contributed by atoms with Gasteiger partial charge >= 0.3 is 0 Å². The van der Waals surface area contributed by atoms with Crippen LogP contribution in [0, 0.1) is 11.7 Å². The zero-order valence-corrected chi connectivity index (χ0v) is 12.1. The second-order valence-corrected chi connectivity index (χ2v) is 6.00. The molecule has 0 amide bonds. The van der Waals surface area contributed by atoms with Crippen molar-refractivity contribution in [3.63, 3.8) is 0 Å². The molecule has 1 heterocycles. The molecule has 2 rings (SSSR count). The highest BCUT2D eigenvalue weighted by molar-refractivity contribution is 9.10. The van der Waals surface area contributed by atoms with Crippen molar-refractivity contribution in [3.8, 4) is 0 Å². The van der Waals surface area contributed by atoms with Crippen LogP contribution in [0.15, 0.2) is 22.7 Å². The molecule has 1 aliphatic heterocycles. The van der Waals surface area contributed by atoms with Gasteiger partial charge in [-0.15, -0.1) is 0 Å². The van der Waals surface area contributed by atoms with Gasteiger partial charge < -0.3 is 5.32 Å². The van der Waals surface area contributed by atoms with E-state index < -0.39 is 5.67 Å². The average molecular weight is 318 g/mol. The highest BCUT2D eigenvalue weighted by Gasteiger charge is 2.35. The first-order valence-electron chi connectivity index (χ1n) is 6.33. The van der Waals surface area contributed by atoms with E-state index in [9.17, 15) is 8.78 Å². The fourth-order valence-electron chi connectivity index (χ4n) is 2.57. The van der Waals surface area contributed by atoms with Crippen LogP contribution in [-0.2, 0) is 6.42 Å². The van der Waals surface area contributed by atoms with Crippen LogP contribution in [0.4, 0.5) is 8.78 Å². The molecule has 1 N–H and O–H groups in total. The second kappa shape index (κ2) is 5.66. The maximum atomic E-state index is 14.8. The van der Waals surface area contributed by atoms with Gasteiger partial charge in [0.15, 0.2) is 0 Å². The third kappa shape index (κ3) is 3.09. The first kappa shape index (κ1) is 13.9. The van der Waals surface area contributed by atoms with Crippen molar-refractivity contribution in [2.75, 3.05) is 13.1 Å². The zero-order chi connectivity index (χ0) is 13.2. The standard InChI is InChI=1S/C14H18BrF2N/c1-14(17,11-5-3-7-18-9-11)8-10-4-2-6-12(16)13(10)15/h2,4,6,11,18H,3,5,7-9H2,1H3. The van der Waals surface area contributed by atoms with Crippen LogP contribution in [0.1, 0.15) is 25.3 Å². The third-order valence-electron chi connectivity index (χ3n) is 3.72. The van der Waals surface area contributed by atoms with Gasteiger partial charge in [0.05, 0.1) is 4.47 Å². The molecular formula is C14H18BrF2N. The molecule has 1 aromatic rings. The fraction of sp³-hybridized carbons (Fsp3) is 0.571. The average Bonchev–Trinajstić information content (AvgIpc) is 2.36. The normalized spacial score (nSPS) is 23.7. The molecule has 1 saturated heterocycles. The summed E-state index contributed by atoms with van der Waals surface area (Å²) in [6.45, 7) is 3.30. The van der Waals surface area contributed by atoms with Gasteiger partial charge in [0.25, 0.3) is 0 Å². The van der Waals surface area contributed by atoms with Gasteiger partial charge in [-0.3, -0.25) is 0 Å². The third-order valence-corrected chi connectivity index (χ3v) is 4.60. The lowest BCUT2D eigenvalue weighted by Crippen LogP contribution is -2.42. The molecule has 1 fully saturated rings. The number of piperidine rings is 1. The van der Waals surface area contributed by atoms with Gasteiger partial charge in [0.1, 0.15) is 11.5 Å². The van der Waals surface area contributed by atoms with Crippen molar-refractivity contribution in [2.24, 2.45) is 5.92 Å². The molecule has 0 bridgehead atoms. The van der Waals surface area contributed by atoms with Crippen LogP contribution < -0.4 is 5.32 Å².